The van der Waals surface area contributed by atoms with E-state index in [1.807, 2.05) is 23.2 Å². The number of amides is 1. The number of fused-ring (bicyclic) bond motifs is 1. The minimum absolute atomic E-state index is 0.238. The van der Waals surface area contributed by atoms with Gasteiger partial charge in [-0.3, -0.25) is 4.79 Å². The molecule has 26 heavy (non-hydrogen) atoms. The number of para-hydroxylation sites is 1. The van der Waals surface area contributed by atoms with Gasteiger partial charge in [-0.2, -0.15) is 0 Å². The molecular formula is C20H25N5O. The van der Waals surface area contributed by atoms with E-state index in [1.165, 1.54) is 10.9 Å². The fraction of sp³-hybridized carbons (Fsp3) is 0.450. The highest BCUT2D eigenvalue weighted by Gasteiger charge is 2.27. The first-order chi connectivity index (χ1) is 12.8. The van der Waals surface area contributed by atoms with Crippen LogP contribution in [0.4, 0.5) is 0 Å². The van der Waals surface area contributed by atoms with E-state index >= 15 is 0 Å². The molecule has 0 aliphatic carbocycles. The number of aryl methyl sites for hydroxylation is 2. The molecule has 0 saturated carbocycles. The van der Waals surface area contributed by atoms with E-state index in [9.17, 15) is 4.79 Å². The number of rotatable bonds is 5. The molecule has 1 amide bonds. The Morgan fingerprint density at radius 1 is 1.35 bits per heavy atom. The third-order valence-electron chi connectivity index (χ3n) is 5.41. The summed E-state index contributed by atoms with van der Waals surface area (Å²) in [7, 11) is 0. The van der Waals surface area contributed by atoms with Gasteiger partial charge >= 0.3 is 0 Å². The van der Waals surface area contributed by atoms with Crippen LogP contribution in [0.2, 0.25) is 0 Å². The molecule has 0 spiro atoms. The van der Waals surface area contributed by atoms with E-state index in [2.05, 4.69) is 38.8 Å². The maximum Gasteiger partial charge on any atom is 0.222 e. The predicted molar refractivity (Wildman–Crippen MR) is 101 cm³/mol. The summed E-state index contributed by atoms with van der Waals surface area (Å²) in [5.74, 6) is 1.55. The van der Waals surface area contributed by atoms with Crippen LogP contribution >= 0.6 is 0 Å². The van der Waals surface area contributed by atoms with Crippen molar-refractivity contribution in [2.45, 2.75) is 45.1 Å². The van der Waals surface area contributed by atoms with Crippen molar-refractivity contribution in [2.24, 2.45) is 0 Å². The molecule has 2 aromatic heterocycles. The number of benzene rings is 1. The molecule has 1 aromatic carbocycles. The number of aromatic nitrogens is 4. The molecule has 3 heterocycles. The van der Waals surface area contributed by atoms with Gasteiger partial charge in [-0.25, -0.2) is 0 Å². The second-order valence-electron chi connectivity index (χ2n) is 7.01. The standard InChI is InChI=1S/C20H25N5O/c1-2-24-14-22-23-20(24)16-6-5-11-25(13-16)19(26)10-9-15-12-21-18-8-4-3-7-17(15)18/h3-4,7-8,12,14,16,21H,2,5-6,9-11,13H2,1H3/t16-/m0/s1. The lowest BCUT2D eigenvalue weighted by atomic mass is 9.96. The number of carbonyl (C=O) groups is 1. The summed E-state index contributed by atoms with van der Waals surface area (Å²) in [6, 6.07) is 8.25. The summed E-state index contributed by atoms with van der Waals surface area (Å²) in [6.45, 7) is 4.57. The van der Waals surface area contributed by atoms with Gasteiger partial charge in [-0.05, 0) is 37.8 Å². The van der Waals surface area contributed by atoms with Crippen LogP contribution in [0.1, 0.15) is 43.5 Å². The summed E-state index contributed by atoms with van der Waals surface area (Å²) in [5, 5.41) is 9.55. The smallest absolute Gasteiger partial charge is 0.222 e. The number of piperidine rings is 1. The Hall–Kier alpha value is -2.63. The fourth-order valence-electron chi connectivity index (χ4n) is 3.98. The van der Waals surface area contributed by atoms with Gasteiger partial charge < -0.3 is 14.5 Å². The second-order valence-corrected chi connectivity index (χ2v) is 7.01. The lowest BCUT2D eigenvalue weighted by Crippen LogP contribution is -2.39. The topological polar surface area (TPSA) is 66.8 Å². The number of nitrogens with one attached hydrogen (secondary N) is 1. The van der Waals surface area contributed by atoms with Crippen LogP contribution < -0.4 is 0 Å². The number of hydrogen-bond acceptors (Lipinski definition) is 3. The average Bonchev–Trinajstić information content (AvgIpc) is 3.33. The van der Waals surface area contributed by atoms with Crippen molar-refractivity contribution in [2.75, 3.05) is 13.1 Å². The van der Waals surface area contributed by atoms with Gasteiger partial charge in [0, 0.05) is 49.1 Å². The highest BCUT2D eigenvalue weighted by Crippen LogP contribution is 2.26. The third-order valence-corrected chi connectivity index (χ3v) is 5.41. The number of likely N-dealkylation sites (tertiary alicyclic amines) is 1. The molecule has 0 unspecified atom stereocenters. The minimum Gasteiger partial charge on any atom is -0.361 e. The van der Waals surface area contributed by atoms with Crippen molar-refractivity contribution in [1.29, 1.82) is 0 Å². The van der Waals surface area contributed by atoms with Crippen molar-refractivity contribution >= 4 is 16.8 Å². The highest BCUT2D eigenvalue weighted by molar-refractivity contribution is 5.84. The summed E-state index contributed by atoms with van der Waals surface area (Å²) in [4.78, 5) is 18.1. The zero-order valence-electron chi connectivity index (χ0n) is 15.2. The van der Waals surface area contributed by atoms with Gasteiger partial charge in [0.15, 0.2) is 0 Å². The quantitative estimate of drug-likeness (QED) is 0.768. The van der Waals surface area contributed by atoms with Crippen molar-refractivity contribution < 1.29 is 4.79 Å². The van der Waals surface area contributed by atoms with Crippen LogP contribution in [0, 0.1) is 0 Å². The first kappa shape index (κ1) is 16.8. The Labute approximate surface area is 153 Å². The van der Waals surface area contributed by atoms with Gasteiger partial charge in [-0.15, -0.1) is 10.2 Å². The molecule has 1 atom stereocenters. The van der Waals surface area contributed by atoms with Gasteiger partial charge in [0.2, 0.25) is 5.91 Å². The average molecular weight is 351 g/mol. The lowest BCUT2D eigenvalue weighted by Gasteiger charge is -2.32. The normalized spacial score (nSPS) is 17.7. The molecule has 1 aliphatic rings. The van der Waals surface area contributed by atoms with Crippen molar-refractivity contribution in [3.63, 3.8) is 0 Å². The number of nitrogens with zero attached hydrogens (tertiary/aromatic N) is 4. The Kier molecular flexibility index (Phi) is 4.73. The summed E-state index contributed by atoms with van der Waals surface area (Å²) in [6.07, 6.45) is 7.24. The number of aromatic amines is 1. The van der Waals surface area contributed by atoms with E-state index < -0.39 is 0 Å². The van der Waals surface area contributed by atoms with E-state index in [-0.39, 0.29) is 5.91 Å². The lowest BCUT2D eigenvalue weighted by molar-refractivity contribution is -0.132. The molecule has 1 N–H and O–H groups in total. The molecular weight excluding hydrogens is 326 g/mol. The molecule has 6 nitrogen and oxygen atoms in total. The highest BCUT2D eigenvalue weighted by atomic mass is 16.2. The van der Waals surface area contributed by atoms with Crippen molar-refractivity contribution in [3.8, 4) is 0 Å². The molecule has 0 bridgehead atoms. The molecule has 0 radical (unpaired) electrons. The van der Waals surface area contributed by atoms with Crippen LogP contribution in [0.25, 0.3) is 10.9 Å². The Bertz CT molecular complexity index is 896. The van der Waals surface area contributed by atoms with Gasteiger partial charge in [0.05, 0.1) is 0 Å². The van der Waals surface area contributed by atoms with Crippen LogP contribution in [0.3, 0.4) is 0 Å². The van der Waals surface area contributed by atoms with Crippen LogP contribution in [-0.2, 0) is 17.8 Å². The number of H-pyrrole nitrogens is 1. The third kappa shape index (κ3) is 3.23. The molecule has 1 fully saturated rings. The maximum absolute atomic E-state index is 12.8. The van der Waals surface area contributed by atoms with E-state index in [0.29, 0.717) is 12.3 Å². The first-order valence-corrected chi connectivity index (χ1v) is 9.46. The second kappa shape index (κ2) is 7.32. The summed E-state index contributed by atoms with van der Waals surface area (Å²) < 4.78 is 2.09. The van der Waals surface area contributed by atoms with Crippen LogP contribution in [0.5, 0.6) is 0 Å². The molecule has 1 aliphatic heterocycles. The molecule has 136 valence electrons. The summed E-state index contributed by atoms with van der Waals surface area (Å²) in [5.41, 5.74) is 2.35. The first-order valence-electron chi connectivity index (χ1n) is 9.46. The Morgan fingerprint density at radius 2 is 2.23 bits per heavy atom. The monoisotopic (exact) mass is 351 g/mol. The Morgan fingerprint density at radius 3 is 3.12 bits per heavy atom. The van der Waals surface area contributed by atoms with E-state index in [0.717, 1.165) is 50.2 Å². The number of carbonyl (C=O) groups excluding carboxylic acids is 1. The SMILES string of the molecule is CCn1cnnc1[C@H]1CCCN(C(=O)CCc2c[nH]c3ccccc23)C1. The predicted octanol–water partition coefficient (Wildman–Crippen LogP) is 3.12. The summed E-state index contributed by atoms with van der Waals surface area (Å²) >= 11 is 0. The zero-order valence-corrected chi connectivity index (χ0v) is 15.2. The largest absolute Gasteiger partial charge is 0.361 e. The fourth-order valence-corrected chi connectivity index (χ4v) is 3.98. The van der Waals surface area contributed by atoms with Crippen LogP contribution in [0.15, 0.2) is 36.8 Å². The number of hydrogen-bond donors (Lipinski definition) is 1. The van der Waals surface area contributed by atoms with E-state index in [1.54, 1.807) is 6.33 Å². The molecule has 1 saturated heterocycles. The van der Waals surface area contributed by atoms with Gasteiger partial charge in [0.1, 0.15) is 12.2 Å². The van der Waals surface area contributed by atoms with Gasteiger partial charge in [-0.1, -0.05) is 18.2 Å². The molecule has 3 aromatic rings. The minimum atomic E-state index is 0.238. The van der Waals surface area contributed by atoms with Crippen molar-refractivity contribution in [1.82, 2.24) is 24.6 Å². The molecule has 4 rings (SSSR count). The van der Waals surface area contributed by atoms with Gasteiger partial charge in [0.25, 0.3) is 0 Å². The van der Waals surface area contributed by atoms with E-state index in [4.69, 9.17) is 0 Å². The maximum atomic E-state index is 12.8. The Balaban J connectivity index is 1.40. The van der Waals surface area contributed by atoms with Crippen LogP contribution in [-0.4, -0.2) is 43.6 Å². The van der Waals surface area contributed by atoms with Crippen molar-refractivity contribution in [3.05, 3.63) is 48.2 Å². The zero-order chi connectivity index (χ0) is 17.9. The molecule has 6 heteroatoms.